The fourth-order valence-corrected chi connectivity index (χ4v) is 8.81. The lowest BCUT2D eigenvalue weighted by molar-refractivity contribution is -0.273. The molecule has 3 aliphatic rings. The van der Waals surface area contributed by atoms with E-state index in [4.69, 9.17) is 18.9 Å². The highest BCUT2D eigenvalue weighted by Crippen LogP contribution is 2.38. The average Bonchev–Trinajstić information content (AvgIpc) is 3.86. The Balaban J connectivity index is 1.28. The van der Waals surface area contributed by atoms with Crippen molar-refractivity contribution >= 4 is 22.0 Å². The number of hydrogen-bond acceptors (Lipinski definition) is 10. The number of hydrogen-bond donors (Lipinski definition) is 2. The molecule has 0 spiro atoms. The number of ether oxygens (including phenoxy) is 4. The quantitative estimate of drug-likeness (QED) is 0.235. The minimum atomic E-state index is -4.39. The summed E-state index contributed by atoms with van der Waals surface area (Å²) in [6.45, 7) is 3.16. The van der Waals surface area contributed by atoms with E-state index in [1.54, 1.807) is 44.2 Å². The molecule has 0 saturated carbocycles. The highest BCUT2D eigenvalue weighted by molar-refractivity contribution is 7.89. The molecule has 0 aromatic heterocycles. The fraction of sp³-hybridized carbons (Fsp3) is 0.459. The normalized spacial score (nSPS) is 20.6. The zero-order valence-electron chi connectivity index (χ0n) is 29.3. The standard InChI is InChI=1S/C37H43F2N3O10S/c1-37(2,11-12-40-34(44)24-15-25(38)17-26(39)16-24)21-41(53(47,48)27-8-9-32-33(18-27)52-22-51-32)19-31(43)29(14-23-6-4-3-5-7-23)42(36(45)46)30-20-50-35-28(30)10-13-49-35/h3-9,15-18,28-31,35,43H,10-14,19-22H2,1-2H3,(H,40,44)(H,45,46)/p-1/t28-,29-,30-,31+,35+/m0/s1. The van der Waals surface area contributed by atoms with Gasteiger partial charge in [0, 0.05) is 43.2 Å². The van der Waals surface area contributed by atoms with Crippen molar-refractivity contribution in [2.75, 3.05) is 39.6 Å². The molecule has 3 aromatic carbocycles. The monoisotopic (exact) mass is 758 g/mol. The molecule has 2 N–H and O–H groups in total. The van der Waals surface area contributed by atoms with E-state index < -0.39 is 70.1 Å². The predicted molar refractivity (Wildman–Crippen MR) is 183 cm³/mol. The van der Waals surface area contributed by atoms with Crippen molar-refractivity contribution in [1.82, 2.24) is 14.5 Å². The Kier molecular flexibility index (Phi) is 11.5. The number of fused-ring (bicyclic) bond motifs is 2. The van der Waals surface area contributed by atoms with Crippen molar-refractivity contribution < 1.29 is 55.9 Å². The molecule has 5 atom stereocenters. The van der Waals surface area contributed by atoms with E-state index in [9.17, 15) is 37.0 Å². The number of carbonyl (C=O) groups excluding carboxylic acids is 2. The first-order chi connectivity index (χ1) is 25.2. The molecule has 0 aliphatic carbocycles. The fourth-order valence-electron chi connectivity index (χ4n) is 7.14. The molecule has 53 heavy (non-hydrogen) atoms. The smallest absolute Gasteiger partial charge is 0.251 e. The summed E-state index contributed by atoms with van der Waals surface area (Å²) in [5, 5.41) is 27.6. The van der Waals surface area contributed by atoms with Gasteiger partial charge in [-0.05, 0) is 54.5 Å². The molecular weight excluding hydrogens is 716 g/mol. The maximum absolute atomic E-state index is 14.5. The number of nitrogens with zero attached hydrogens (tertiary/aromatic N) is 2. The van der Waals surface area contributed by atoms with E-state index in [1.807, 2.05) is 0 Å². The van der Waals surface area contributed by atoms with Gasteiger partial charge in [-0.1, -0.05) is 44.2 Å². The number of amides is 2. The number of carboxylic acid groups (broad SMARTS) is 1. The van der Waals surface area contributed by atoms with Crippen LogP contribution < -0.4 is 19.9 Å². The SMILES string of the molecule is CC(C)(CCNC(=O)c1cc(F)cc(F)c1)CN(C[C@@H](O)[C@H](Cc1ccccc1)N(C(=O)[O-])[C@H]1CO[C@H]2OCC[C@H]21)S(=O)(=O)c1ccc2c(c1)OCO2. The summed E-state index contributed by atoms with van der Waals surface area (Å²) in [4.78, 5) is 26.6. The lowest BCUT2D eigenvalue weighted by Gasteiger charge is -2.43. The third-order valence-corrected chi connectivity index (χ3v) is 11.7. The van der Waals surface area contributed by atoms with Gasteiger partial charge >= 0.3 is 0 Å². The molecule has 2 saturated heterocycles. The molecule has 13 nitrogen and oxygen atoms in total. The predicted octanol–water partition coefficient (Wildman–Crippen LogP) is 2.91. The Morgan fingerprint density at radius 2 is 1.74 bits per heavy atom. The second-order valence-corrected chi connectivity index (χ2v) is 16.2. The summed E-state index contributed by atoms with van der Waals surface area (Å²) in [7, 11) is -4.39. The van der Waals surface area contributed by atoms with Gasteiger partial charge in [0.25, 0.3) is 5.91 Å². The summed E-state index contributed by atoms with van der Waals surface area (Å²) < 4.78 is 79.7. The summed E-state index contributed by atoms with van der Waals surface area (Å²) in [6.07, 6.45) is -2.90. The van der Waals surface area contributed by atoms with Gasteiger partial charge in [0.1, 0.15) is 17.7 Å². The largest absolute Gasteiger partial charge is 0.530 e. The summed E-state index contributed by atoms with van der Waals surface area (Å²) >= 11 is 0. The van der Waals surface area contributed by atoms with Crippen LogP contribution in [0.4, 0.5) is 13.6 Å². The van der Waals surface area contributed by atoms with E-state index in [2.05, 4.69) is 5.32 Å². The number of aliphatic hydroxyl groups excluding tert-OH is 1. The number of nitrogens with one attached hydrogen (secondary N) is 1. The van der Waals surface area contributed by atoms with Crippen LogP contribution in [0.3, 0.4) is 0 Å². The van der Waals surface area contributed by atoms with Gasteiger partial charge < -0.3 is 44.2 Å². The van der Waals surface area contributed by atoms with Gasteiger partial charge in [0.2, 0.25) is 16.8 Å². The van der Waals surface area contributed by atoms with E-state index in [0.717, 1.165) is 21.3 Å². The zero-order valence-corrected chi connectivity index (χ0v) is 30.1. The van der Waals surface area contributed by atoms with Crippen LogP contribution in [-0.2, 0) is 25.9 Å². The summed E-state index contributed by atoms with van der Waals surface area (Å²) in [5.41, 5.74) is -0.360. The zero-order chi connectivity index (χ0) is 37.9. The first-order valence-electron chi connectivity index (χ1n) is 17.3. The molecule has 286 valence electrons. The molecule has 3 heterocycles. The molecular formula is C37H42F2N3O10S-. The Morgan fingerprint density at radius 1 is 1.02 bits per heavy atom. The van der Waals surface area contributed by atoms with Crippen LogP contribution in [0.15, 0.2) is 71.6 Å². The van der Waals surface area contributed by atoms with Gasteiger partial charge in [-0.3, -0.25) is 4.79 Å². The highest BCUT2D eigenvalue weighted by Gasteiger charge is 2.47. The second-order valence-electron chi connectivity index (χ2n) is 14.2. The van der Waals surface area contributed by atoms with Gasteiger partial charge in [0.05, 0.1) is 36.3 Å². The van der Waals surface area contributed by atoms with Gasteiger partial charge in [0.15, 0.2) is 17.8 Å². The van der Waals surface area contributed by atoms with Crippen molar-refractivity contribution in [3.63, 3.8) is 0 Å². The number of aliphatic hydroxyl groups is 1. The minimum Gasteiger partial charge on any atom is -0.530 e. The molecule has 3 aromatic rings. The number of rotatable bonds is 15. The maximum Gasteiger partial charge on any atom is 0.251 e. The molecule has 16 heteroatoms. The van der Waals surface area contributed by atoms with Crippen molar-refractivity contribution in [3.05, 3.63) is 89.5 Å². The van der Waals surface area contributed by atoms with Crippen LogP contribution >= 0.6 is 0 Å². The Bertz CT molecular complexity index is 1880. The molecule has 2 amide bonds. The third-order valence-electron chi connectivity index (χ3n) is 9.85. The Labute approximate surface area is 306 Å². The van der Waals surface area contributed by atoms with Crippen LogP contribution in [0.1, 0.15) is 42.6 Å². The van der Waals surface area contributed by atoms with Crippen molar-refractivity contribution in [3.8, 4) is 11.5 Å². The molecule has 0 radical (unpaired) electrons. The van der Waals surface area contributed by atoms with Gasteiger partial charge in [-0.2, -0.15) is 4.31 Å². The molecule has 0 bridgehead atoms. The topological polar surface area (TPSA) is 167 Å². The van der Waals surface area contributed by atoms with E-state index >= 15 is 0 Å². The number of sulfonamides is 1. The highest BCUT2D eigenvalue weighted by atomic mass is 32.2. The second kappa shape index (κ2) is 15.9. The number of carbonyl (C=O) groups is 2. The molecule has 2 fully saturated rings. The maximum atomic E-state index is 14.5. The van der Waals surface area contributed by atoms with E-state index in [1.165, 1.54) is 18.2 Å². The molecule has 6 rings (SSSR count). The van der Waals surface area contributed by atoms with Crippen molar-refractivity contribution in [1.29, 1.82) is 0 Å². The lowest BCUT2D eigenvalue weighted by atomic mass is 9.89. The van der Waals surface area contributed by atoms with Crippen molar-refractivity contribution in [2.24, 2.45) is 11.3 Å². The number of benzene rings is 3. The van der Waals surface area contributed by atoms with Crippen LogP contribution in [0.25, 0.3) is 0 Å². The lowest BCUT2D eigenvalue weighted by Crippen LogP contribution is -2.61. The van der Waals surface area contributed by atoms with E-state index in [-0.39, 0.29) is 61.5 Å². The van der Waals surface area contributed by atoms with Crippen LogP contribution in [0.5, 0.6) is 11.5 Å². The Morgan fingerprint density at radius 3 is 2.45 bits per heavy atom. The van der Waals surface area contributed by atoms with Gasteiger partial charge in [-0.25, -0.2) is 17.2 Å². The van der Waals surface area contributed by atoms with Crippen LogP contribution in [0, 0.1) is 23.0 Å². The summed E-state index contributed by atoms with van der Waals surface area (Å²) in [6, 6.07) is 13.7. The first kappa shape index (κ1) is 38.4. The van der Waals surface area contributed by atoms with Crippen LogP contribution in [-0.4, -0.2) is 98.8 Å². The molecule has 0 unspecified atom stereocenters. The minimum absolute atomic E-state index is 0.0154. The van der Waals surface area contributed by atoms with Gasteiger partial charge in [-0.15, -0.1) is 0 Å². The Hall–Kier alpha value is -4.35. The first-order valence-corrected chi connectivity index (χ1v) is 18.7. The molecule has 3 aliphatic heterocycles. The van der Waals surface area contributed by atoms with Crippen LogP contribution in [0.2, 0.25) is 0 Å². The van der Waals surface area contributed by atoms with E-state index in [0.29, 0.717) is 30.4 Å². The van der Waals surface area contributed by atoms with Crippen molar-refractivity contribution in [2.45, 2.75) is 62.5 Å². The number of halogens is 2. The summed E-state index contributed by atoms with van der Waals surface area (Å²) in [5.74, 6) is -2.23. The third kappa shape index (κ3) is 8.90. The average molecular weight is 759 g/mol.